The molecule has 0 aliphatic heterocycles. The fourth-order valence-corrected chi connectivity index (χ4v) is 3.68. The average molecular weight is 312 g/mol. The molecule has 6 heteroatoms. The highest BCUT2D eigenvalue weighted by Gasteiger charge is 2.29. The third-order valence-electron chi connectivity index (χ3n) is 3.63. The Morgan fingerprint density at radius 3 is 2.48 bits per heavy atom. The van der Waals surface area contributed by atoms with Gasteiger partial charge in [-0.3, -0.25) is 0 Å². The van der Waals surface area contributed by atoms with E-state index in [1.807, 2.05) is 6.92 Å². The van der Waals surface area contributed by atoms with Gasteiger partial charge in [0.05, 0.1) is 4.90 Å². The van der Waals surface area contributed by atoms with E-state index in [1.165, 1.54) is 0 Å². The molecule has 2 rings (SSSR count). The van der Waals surface area contributed by atoms with Crippen molar-refractivity contribution in [3.8, 4) is 5.75 Å². The van der Waals surface area contributed by atoms with Crippen LogP contribution in [0, 0.1) is 5.92 Å². The highest BCUT2D eigenvalue weighted by Crippen LogP contribution is 2.28. The molecule has 1 saturated carbocycles. The highest BCUT2D eigenvalue weighted by molar-refractivity contribution is 7.89. The van der Waals surface area contributed by atoms with E-state index < -0.39 is 10.0 Å². The van der Waals surface area contributed by atoms with E-state index in [0.29, 0.717) is 23.2 Å². The number of hydrogen-bond donors (Lipinski definition) is 2. The Labute approximate surface area is 127 Å². The summed E-state index contributed by atoms with van der Waals surface area (Å²) in [5.74, 6) is 1.30. The number of likely N-dealkylation sites (N-methyl/N-ethyl adjacent to an activating group) is 1. The molecule has 0 saturated heterocycles. The van der Waals surface area contributed by atoms with Gasteiger partial charge in [0.25, 0.3) is 0 Å². The molecule has 0 amide bonds. The first-order valence-electron chi connectivity index (χ1n) is 7.47. The van der Waals surface area contributed by atoms with Crippen LogP contribution in [0.2, 0.25) is 0 Å². The van der Waals surface area contributed by atoms with Crippen molar-refractivity contribution in [1.82, 2.24) is 10.0 Å². The largest absolute Gasteiger partial charge is 0.492 e. The van der Waals surface area contributed by atoms with Gasteiger partial charge in [0.1, 0.15) is 12.4 Å². The van der Waals surface area contributed by atoms with Crippen molar-refractivity contribution in [3.63, 3.8) is 0 Å². The number of benzene rings is 1. The van der Waals surface area contributed by atoms with E-state index in [9.17, 15) is 8.42 Å². The summed E-state index contributed by atoms with van der Waals surface area (Å²) >= 11 is 0. The van der Waals surface area contributed by atoms with E-state index in [-0.39, 0.29) is 6.04 Å². The standard InChI is InChI=1S/C15H24N2O3S/c1-3-16-8-9-20-14-4-6-15(7-5-14)21(18,19)17-13-10-12(2)11-13/h4-7,12-13,16-17H,3,8-11H2,1-2H3. The van der Waals surface area contributed by atoms with Gasteiger partial charge >= 0.3 is 0 Å². The molecule has 0 atom stereocenters. The van der Waals surface area contributed by atoms with Gasteiger partial charge in [-0.1, -0.05) is 13.8 Å². The summed E-state index contributed by atoms with van der Waals surface area (Å²) < 4.78 is 32.6. The van der Waals surface area contributed by atoms with E-state index in [0.717, 1.165) is 25.9 Å². The fourth-order valence-electron chi connectivity index (χ4n) is 2.42. The van der Waals surface area contributed by atoms with Crippen molar-refractivity contribution in [3.05, 3.63) is 24.3 Å². The zero-order valence-corrected chi connectivity index (χ0v) is 13.4. The second kappa shape index (κ2) is 7.24. The van der Waals surface area contributed by atoms with Crippen molar-refractivity contribution in [1.29, 1.82) is 0 Å². The lowest BCUT2D eigenvalue weighted by Gasteiger charge is -2.32. The Kier molecular flexibility index (Phi) is 5.61. The molecule has 1 aromatic carbocycles. The third-order valence-corrected chi connectivity index (χ3v) is 5.16. The van der Waals surface area contributed by atoms with Gasteiger partial charge < -0.3 is 10.1 Å². The van der Waals surface area contributed by atoms with Crippen LogP contribution in [0.15, 0.2) is 29.2 Å². The molecule has 0 radical (unpaired) electrons. The molecule has 21 heavy (non-hydrogen) atoms. The lowest BCUT2D eigenvalue weighted by Crippen LogP contribution is -2.43. The molecule has 0 unspecified atom stereocenters. The highest BCUT2D eigenvalue weighted by atomic mass is 32.2. The second-order valence-corrected chi connectivity index (χ2v) is 7.28. The predicted molar refractivity (Wildman–Crippen MR) is 83.0 cm³/mol. The maximum Gasteiger partial charge on any atom is 0.240 e. The third kappa shape index (κ3) is 4.69. The Morgan fingerprint density at radius 2 is 1.90 bits per heavy atom. The second-order valence-electron chi connectivity index (χ2n) is 5.57. The Morgan fingerprint density at radius 1 is 1.24 bits per heavy atom. The number of rotatable bonds is 8. The molecule has 0 aromatic heterocycles. The Hall–Kier alpha value is -1.11. The first-order chi connectivity index (χ1) is 10.0. The van der Waals surface area contributed by atoms with E-state index in [4.69, 9.17) is 4.74 Å². The zero-order chi connectivity index (χ0) is 15.3. The lowest BCUT2D eigenvalue weighted by molar-refractivity contribution is 0.270. The van der Waals surface area contributed by atoms with Gasteiger partial charge in [-0.05, 0) is 49.6 Å². The minimum Gasteiger partial charge on any atom is -0.492 e. The number of ether oxygens (including phenoxy) is 1. The molecule has 1 aliphatic carbocycles. The SMILES string of the molecule is CCNCCOc1ccc(S(=O)(=O)NC2CC(C)C2)cc1. The van der Waals surface area contributed by atoms with Gasteiger partial charge in [0, 0.05) is 12.6 Å². The maximum atomic E-state index is 12.2. The van der Waals surface area contributed by atoms with E-state index in [2.05, 4.69) is 17.0 Å². The van der Waals surface area contributed by atoms with Crippen LogP contribution in [0.1, 0.15) is 26.7 Å². The van der Waals surface area contributed by atoms with E-state index in [1.54, 1.807) is 24.3 Å². The Bertz CT molecular complexity index is 537. The summed E-state index contributed by atoms with van der Waals surface area (Å²) in [6.45, 7) is 6.42. The van der Waals surface area contributed by atoms with Crippen LogP contribution in [0.4, 0.5) is 0 Å². The monoisotopic (exact) mass is 312 g/mol. The van der Waals surface area contributed by atoms with Gasteiger partial charge in [-0.15, -0.1) is 0 Å². The number of nitrogens with one attached hydrogen (secondary N) is 2. The van der Waals surface area contributed by atoms with Gasteiger partial charge in [0.2, 0.25) is 10.0 Å². The fraction of sp³-hybridized carbons (Fsp3) is 0.600. The average Bonchev–Trinajstić information content (AvgIpc) is 2.42. The van der Waals surface area contributed by atoms with Crippen LogP contribution in [0.25, 0.3) is 0 Å². The lowest BCUT2D eigenvalue weighted by atomic mass is 9.83. The minimum absolute atomic E-state index is 0.0843. The minimum atomic E-state index is -3.41. The Balaban J connectivity index is 1.88. The van der Waals surface area contributed by atoms with Gasteiger partial charge in [-0.25, -0.2) is 13.1 Å². The first-order valence-corrected chi connectivity index (χ1v) is 8.95. The van der Waals surface area contributed by atoms with Crippen LogP contribution in [-0.4, -0.2) is 34.2 Å². The summed E-state index contributed by atoms with van der Waals surface area (Å²) in [6.07, 6.45) is 1.84. The van der Waals surface area contributed by atoms with Crippen LogP contribution in [-0.2, 0) is 10.0 Å². The topological polar surface area (TPSA) is 67.4 Å². The summed E-state index contributed by atoms with van der Waals surface area (Å²) in [5, 5.41) is 3.16. The van der Waals surface area contributed by atoms with Crippen molar-refractivity contribution in [2.45, 2.75) is 37.6 Å². The van der Waals surface area contributed by atoms with Crippen LogP contribution in [0.3, 0.4) is 0 Å². The van der Waals surface area contributed by atoms with Gasteiger partial charge in [0.15, 0.2) is 0 Å². The van der Waals surface area contributed by atoms with Crippen molar-refractivity contribution in [2.75, 3.05) is 19.7 Å². The van der Waals surface area contributed by atoms with Gasteiger partial charge in [-0.2, -0.15) is 0 Å². The molecule has 0 heterocycles. The molecule has 5 nitrogen and oxygen atoms in total. The number of hydrogen-bond acceptors (Lipinski definition) is 4. The van der Waals surface area contributed by atoms with Crippen molar-refractivity contribution < 1.29 is 13.2 Å². The van der Waals surface area contributed by atoms with Crippen LogP contribution >= 0.6 is 0 Å². The molecular weight excluding hydrogens is 288 g/mol. The normalized spacial score (nSPS) is 21.8. The molecular formula is C15H24N2O3S. The molecule has 118 valence electrons. The molecule has 2 N–H and O–H groups in total. The summed E-state index contributed by atoms with van der Waals surface area (Å²) in [4.78, 5) is 0.293. The first kappa shape index (κ1) is 16.3. The smallest absolute Gasteiger partial charge is 0.240 e. The van der Waals surface area contributed by atoms with E-state index >= 15 is 0 Å². The summed E-state index contributed by atoms with van der Waals surface area (Å²) in [6, 6.07) is 6.66. The molecule has 0 bridgehead atoms. The van der Waals surface area contributed by atoms with Crippen LogP contribution in [0.5, 0.6) is 5.75 Å². The van der Waals surface area contributed by atoms with Crippen molar-refractivity contribution >= 4 is 10.0 Å². The molecule has 1 fully saturated rings. The molecule has 1 aromatic rings. The van der Waals surface area contributed by atoms with Crippen molar-refractivity contribution in [2.24, 2.45) is 5.92 Å². The summed E-state index contributed by atoms with van der Waals surface area (Å²) in [5.41, 5.74) is 0. The maximum absolute atomic E-state index is 12.2. The number of sulfonamides is 1. The van der Waals surface area contributed by atoms with Crippen LogP contribution < -0.4 is 14.8 Å². The molecule has 1 aliphatic rings. The summed E-state index contributed by atoms with van der Waals surface area (Å²) in [7, 11) is -3.41. The quantitative estimate of drug-likeness (QED) is 0.718. The predicted octanol–water partition coefficient (Wildman–Crippen LogP) is 1.75. The molecule has 0 spiro atoms. The zero-order valence-electron chi connectivity index (χ0n) is 12.6.